The summed E-state index contributed by atoms with van der Waals surface area (Å²) in [6, 6.07) is 10.2. The molecule has 1 unspecified atom stereocenters. The Labute approximate surface area is 161 Å². The highest BCUT2D eigenvalue weighted by atomic mass is 16.6. The molecule has 1 saturated heterocycles. The Hall–Kier alpha value is -2.28. The predicted octanol–water partition coefficient (Wildman–Crippen LogP) is 1.77. The molecule has 27 heavy (non-hydrogen) atoms. The van der Waals surface area contributed by atoms with E-state index in [1.807, 2.05) is 44.2 Å². The van der Waals surface area contributed by atoms with Gasteiger partial charge in [0.25, 0.3) is 0 Å². The molecule has 0 radical (unpaired) electrons. The number of carbonyl (C=O) groups excluding carboxylic acids is 1. The van der Waals surface area contributed by atoms with Crippen molar-refractivity contribution in [3.63, 3.8) is 0 Å². The summed E-state index contributed by atoms with van der Waals surface area (Å²) >= 11 is 0. The lowest BCUT2D eigenvalue weighted by Crippen LogP contribution is -2.50. The number of piperidine rings is 1. The number of hydrogen-bond acceptors (Lipinski definition) is 4. The van der Waals surface area contributed by atoms with Gasteiger partial charge >= 0.3 is 6.09 Å². The van der Waals surface area contributed by atoms with Gasteiger partial charge in [0.15, 0.2) is 5.96 Å². The molecule has 0 aromatic heterocycles. The Morgan fingerprint density at radius 1 is 1.30 bits per heavy atom. The molecule has 1 fully saturated rings. The third-order valence-corrected chi connectivity index (χ3v) is 4.48. The monoisotopic (exact) mass is 376 g/mol. The number of aliphatic hydroxyl groups excluding tert-OH is 1. The maximum atomic E-state index is 11.8. The first kappa shape index (κ1) is 21.0. The smallest absolute Gasteiger partial charge is 0.409 e. The molecular weight excluding hydrogens is 344 g/mol. The third-order valence-electron chi connectivity index (χ3n) is 4.48. The van der Waals surface area contributed by atoms with Crippen molar-refractivity contribution in [1.82, 2.24) is 15.5 Å². The van der Waals surface area contributed by atoms with Crippen molar-refractivity contribution in [2.24, 2.45) is 4.99 Å². The van der Waals surface area contributed by atoms with Crippen molar-refractivity contribution in [3.8, 4) is 0 Å². The van der Waals surface area contributed by atoms with E-state index in [2.05, 4.69) is 15.6 Å². The number of guanidine groups is 1. The van der Waals surface area contributed by atoms with Gasteiger partial charge in [-0.25, -0.2) is 4.79 Å². The second-order valence-electron chi connectivity index (χ2n) is 6.67. The fourth-order valence-corrected chi connectivity index (χ4v) is 3.08. The van der Waals surface area contributed by atoms with Crippen LogP contribution in [0.2, 0.25) is 0 Å². The van der Waals surface area contributed by atoms with Crippen molar-refractivity contribution >= 4 is 12.1 Å². The van der Waals surface area contributed by atoms with Crippen LogP contribution in [0.25, 0.3) is 0 Å². The molecule has 0 bridgehead atoms. The van der Waals surface area contributed by atoms with E-state index in [0.29, 0.717) is 38.6 Å². The SMILES string of the molecule is CCNC(=NCC(O)Cc1ccccc1)NC1CCN(C(=O)OCC)CC1. The number of likely N-dealkylation sites (tertiary alicyclic amines) is 1. The van der Waals surface area contributed by atoms with Gasteiger partial charge in [-0.2, -0.15) is 0 Å². The maximum absolute atomic E-state index is 11.8. The average molecular weight is 377 g/mol. The number of ether oxygens (including phenoxy) is 1. The Morgan fingerprint density at radius 3 is 2.63 bits per heavy atom. The summed E-state index contributed by atoms with van der Waals surface area (Å²) < 4.78 is 5.05. The average Bonchev–Trinajstić information content (AvgIpc) is 2.68. The van der Waals surface area contributed by atoms with Crippen LogP contribution in [0.3, 0.4) is 0 Å². The van der Waals surface area contributed by atoms with E-state index in [0.717, 1.165) is 24.9 Å². The van der Waals surface area contributed by atoms with Gasteiger partial charge in [0.05, 0.1) is 19.3 Å². The van der Waals surface area contributed by atoms with Crippen LogP contribution in [0.4, 0.5) is 4.79 Å². The number of nitrogens with zero attached hydrogens (tertiary/aromatic N) is 2. The summed E-state index contributed by atoms with van der Waals surface area (Å²) in [6.45, 7) is 6.67. The summed E-state index contributed by atoms with van der Waals surface area (Å²) in [5, 5.41) is 16.9. The minimum atomic E-state index is -0.520. The molecule has 0 spiro atoms. The lowest BCUT2D eigenvalue weighted by atomic mass is 10.1. The minimum Gasteiger partial charge on any atom is -0.450 e. The summed E-state index contributed by atoms with van der Waals surface area (Å²) in [5.41, 5.74) is 1.10. The fraction of sp³-hybridized carbons (Fsp3) is 0.600. The highest BCUT2D eigenvalue weighted by Crippen LogP contribution is 2.11. The molecule has 1 amide bonds. The van der Waals surface area contributed by atoms with Crippen molar-refractivity contribution in [2.45, 2.75) is 45.3 Å². The first-order valence-corrected chi connectivity index (χ1v) is 9.80. The normalized spacial score (nSPS) is 16.7. The van der Waals surface area contributed by atoms with E-state index < -0.39 is 6.10 Å². The number of hydrogen-bond donors (Lipinski definition) is 3. The molecule has 2 rings (SSSR count). The van der Waals surface area contributed by atoms with Crippen molar-refractivity contribution < 1.29 is 14.6 Å². The van der Waals surface area contributed by atoms with E-state index >= 15 is 0 Å². The van der Waals surface area contributed by atoms with E-state index in [1.165, 1.54) is 0 Å². The predicted molar refractivity (Wildman–Crippen MR) is 107 cm³/mol. The molecule has 1 aromatic carbocycles. The zero-order valence-corrected chi connectivity index (χ0v) is 16.4. The molecule has 150 valence electrons. The number of aliphatic hydroxyl groups is 1. The Bertz CT molecular complexity index is 586. The van der Waals surface area contributed by atoms with E-state index in [9.17, 15) is 9.90 Å². The summed E-state index contributed by atoms with van der Waals surface area (Å²) in [4.78, 5) is 18.0. The van der Waals surface area contributed by atoms with Crippen molar-refractivity contribution in [1.29, 1.82) is 0 Å². The molecule has 3 N–H and O–H groups in total. The number of rotatable bonds is 7. The molecule has 1 aliphatic rings. The Balaban J connectivity index is 1.80. The standard InChI is InChI=1S/C20H32N4O3/c1-3-21-19(22-15-18(25)14-16-8-6-5-7-9-16)23-17-10-12-24(13-11-17)20(26)27-4-2/h5-9,17-18,25H,3-4,10-15H2,1-2H3,(H2,21,22,23). The number of amides is 1. The largest absolute Gasteiger partial charge is 0.450 e. The third kappa shape index (κ3) is 7.46. The summed E-state index contributed by atoms with van der Waals surface area (Å²) in [5.74, 6) is 0.708. The van der Waals surface area contributed by atoms with Gasteiger partial charge in [0, 0.05) is 32.1 Å². The van der Waals surface area contributed by atoms with E-state index in [4.69, 9.17) is 4.74 Å². The molecule has 1 atom stereocenters. The van der Waals surface area contributed by atoms with Gasteiger partial charge in [-0.3, -0.25) is 4.99 Å². The highest BCUT2D eigenvalue weighted by molar-refractivity contribution is 5.80. The van der Waals surface area contributed by atoms with Crippen molar-refractivity contribution in [2.75, 3.05) is 32.8 Å². The van der Waals surface area contributed by atoms with Crippen LogP contribution in [0.15, 0.2) is 35.3 Å². The van der Waals surface area contributed by atoms with Gasteiger partial charge in [0.1, 0.15) is 0 Å². The second-order valence-corrected chi connectivity index (χ2v) is 6.67. The van der Waals surface area contributed by atoms with Crippen LogP contribution in [0.5, 0.6) is 0 Å². The number of nitrogens with one attached hydrogen (secondary N) is 2. The number of aliphatic imine (C=N–C) groups is 1. The summed E-state index contributed by atoms with van der Waals surface area (Å²) in [7, 11) is 0. The molecule has 1 aliphatic heterocycles. The van der Waals surface area contributed by atoms with Crippen LogP contribution in [-0.2, 0) is 11.2 Å². The van der Waals surface area contributed by atoms with Gasteiger partial charge < -0.3 is 25.4 Å². The first-order chi connectivity index (χ1) is 13.1. The van der Waals surface area contributed by atoms with Crippen LogP contribution in [0, 0.1) is 0 Å². The highest BCUT2D eigenvalue weighted by Gasteiger charge is 2.24. The van der Waals surface area contributed by atoms with Crippen LogP contribution >= 0.6 is 0 Å². The van der Waals surface area contributed by atoms with Gasteiger partial charge in [-0.05, 0) is 32.3 Å². The Morgan fingerprint density at radius 2 is 2.00 bits per heavy atom. The molecule has 0 aliphatic carbocycles. The van der Waals surface area contributed by atoms with Crippen LogP contribution in [0.1, 0.15) is 32.3 Å². The van der Waals surface area contributed by atoms with E-state index in [1.54, 1.807) is 4.90 Å². The topological polar surface area (TPSA) is 86.2 Å². The quantitative estimate of drug-likeness (QED) is 0.499. The molecule has 1 heterocycles. The maximum Gasteiger partial charge on any atom is 0.409 e. The molecule has 7 nitrogen and oxygen atoms in total. The first-order valence-electron chi connectivity index (χ1n) is 9.80. The second kappa shape index (κ2) is 11.4. The van der Waals surface area contributed by atoms with Gasteiger partial charge in [0.2, 0.25) is 0 Å². The van der Waals surface area contributed by atoms with Gasteiger partial charge in [-0.15, -0.1) is 0 Å². The Kier molecular flexibility index (Phi) is 8.91. The van der Waals surface area contributed by atoms with Crippen LogP contribution in [-0.4, -0.2) is 67.0 Å². The molecule has 7 heteroatoms. The molecular formula is C20H32N4O3. The lowest BCUT2D eigenvalue weighted by Gasteiger charge is -2.32. The number of benzene rings is 1. The molecule has 1 aromatic rings. The minimum absolute atomic E-state index is 0.236. The number of carbonyl (C=O) groups is 1. The zero-order valence-electron chi connectivity index (χ0n) is 16.4. The molecule has 0 saturated carbocycles. The van der Waals surface area contributed by atoms with Gasteiger partial charge in [-0.1, -0.05) is 30.3 Å². The van der Waals surface area contributed by atoms with Crippen molar-refractivity contribution in [3.05, 3.63) is 35.9 Å². The summed E-state index contributed by atoms with van der Waals surface area (Å²) in [6.07, 6.45) is 1.52. The zero-order chi connectivity index (χ0) is 19.5. The van der Waals surface area contributed by atoms with E-state index in [-0.39, 0.29) is 12.1 Å². The fourth-order valence-electron chi connectivity index (χ4n) is 3.08. The van der Waals surface area contributed by atoms with Crippen LogP contribution < -0.4 is 10.6 Å². The lowest BCUT2D eigenvalue weighted by molar-refractivity contribution is 0.0963.